The van der Waals surface area contributed by atoms with Crippen LogP contribution < -0.4 is 4.74 Å². The van der Waals surface area contributed by atoms with Gasteiger partial charge in [0.1, 0.15) is 16.7 Å². The predicted octanol–water partition coefficient (Wildman–Crippen LogP) is 6.60. The summed E-state index contributed by atoms with van der Waals surface area (Å²) in [7, 11) is 1.83. The van der Waals surface area contributed by atoms with Crippen molar-refractivity contribution in [2.45, 2.75) is 38.9 Å². The Labute approximate surface area is 267 Å². The molecule has 2 atom stereocenters. The van der Waals surface area contributed by atoms with Gasteiger partial charge in [-0.3, -0.25) is 19.6 Å². The first-order valence-corrected chi connectivity index (χ1v) is 16.2. The molecule has 5 rings (SSSR count). The predicted molar refractivity (Wildman–Crippen MR) is 174 cm³/mol. The number of ether oxygens (including phenoxy) is 1. The molecule has 2 aromatic carbocycles. The number of amides is 3. The fourth-order valence-corrected chi connectivity index (χ4v) is 6.47. The Morgan fingerprint density at radius 2 is 1.58 bits per heavy atom. The highest BCUT2D eigenvalue weighted by atomic mass is 35.5. The topological polar surface area (TPSA) is 68.7 Å². The van der Waals surface area contributed by atoms with Crippen molar-refractivity contribution in [1.29, 1.82) is 0 Å². The van der Waals surface area contributed by atoms with Gasteiger partial charge in [-0.25, -0.2) is 4.79 Å². The Bertz CT molecular complexity index is 1450. The van der Waals surface area contributed by atoms with Crippen LogP contribution in [0, 0.1) is 0 Å². The zero-order valence-corrected chi connectivity index (χ0v) is 27.2. The third-order valence-corrected chi connectivity index (χ3v) is 9.39. The summed E-state index contributed by atoms with van der Waals surface area (Å²) >= 11 is 14.0. The van der Waals surface area contributed by atoms with Gasteiger partial charge in [0.15, 0.2) is 5.84 Å². The molecule has 0 spiro atoms. The fourth-order valence-electron chi connectivity index (χ4n) is 5.39. The first kappa shape index (κ1) is 31.3. The maximum absolute atomic E-state index is 14.6. The quantitative estimate of drug-likeness (QED) is 0.278. The van der Waals surface area contributed by atoms with Crippen molar-refractivity contribution >= 4 is 52.3 Å². The van der Waals surface area contributed by atoms with Crippen molar-refractivity contribution in [1.82, 2.24) is 19.6 Å². The van der Waals surface area contributed by atoms with Gasteiger partial charge in [0.25, 0.3) is 0 Å². The molecule has 1 fully saturated rings. The molecular weight excluding hydrogens is 605 g/mol. The van der Waals surface area contributed by atoms with Crippen LogP contribution in [0.1, 0.15) is 48.9 Å². The minimum Gasteiger partial charge on any atom is -0.492 e. The zero-order chi connectivity index (χ0) is 30.7. The number of halogens is 2. The first-order chi connectivity index (χ1) is 20.7. The number of amidine groups is 1. The number of urea groups is 1. The van der Waals surface area contributed by atoms with Crippen LogP contribution in [0.5, 0.6) is 5.75 Å². The second-order valence-corrected chi connectivity index (χ2v) is 12.8. The zero-order valence-electron chi connectivity index (χ0n) is 24.9. The second-order valence-electron chi connectivity index (χ2n) is 11.0. The summed E-state index contributed by atoms with van der Waals surface area (Å²) in [4.78, 5) is 40.9. The van der Waals surface area contributed by atoms with E-state index in [1.165, 1.54) is 11.3 Å². The van der Waals surface area contributed by atoms with Crippen LogP contribution in [-0.2, 0) is 4.79 Å². The summed E-state index contributed by atoms with van der Waals surface area (Å²) < 4.78 is 5.96. The molecule has 2 aliphatic rings. The van der Waals surface area contributed by atoms with Crippen LogP contribution in [0.15, 0.2) is 65.0 Å². The molecule has 3 aromatic rings. The van der Waals surface area contributed by atoms with E-state index in [0.29, 0.717) is 61.0 Å². The largest absolute Gasteiger partial charge is 0.492 e. The number of carbonyl (C=O) groups excluding carboxylic acids is 2. The summed E-state index contributed by atoms with van der Waals surface area (Å²) in [5, 5.41) is 3.21. The van der Waals surface area contributed by atoms with Gasteiger partial charge in [-0.15, -0.1) is 11.3 Å². The minimum atomic E-state index is -0.420. The number of carbonyl (C=O) groups is 2. The number of thiophene rings is 1. The third-order valence-electron chi connectivity index (χ3n) is 8.00. The lowest BCUT2D eigenvalue weighted by Crippen LogP contribution is -2.55. The average molecular weight is 643 g/mol. The van der Waals surface area contributed by atoms with Crippen molar-refractivity contribution in [2.24, 2.45) is 4.99 Å². The van der Waals surface area contributed by atoms with E-state index in [1.807, 2.05) is 97.6 Å². The number of hydrogen-bond acceptors (Lipinski definition) is 6. The van der Waals surface area contributed by atoms with E-state index in [1.54, 1.807) is 4.90 Å². The van der Waals surface area contributed by atoms with Crippen LogP contribution >= 0.6 is 34.5 Å². The van der Waals surface area contributed by atoms with Gasteiger partial charge in [0.05, 0.1) is 19.2 Å². The van der Waals surface area contributed by atoms with Crippen molar-refractivity contribution < 1.29 is 14.3 Å². The Morgan fingerprint density at radius 1 is 0.977 bits per heavy atom. The molecule has 0 radical (unpaired) electrons. The summed E-state index contributed by atoms with van der Waals surface area (Å²) in [6, 6.07) is 16.4. The molecule has 3 heterocycles. The average Bonchev–Trinajstić information content (AvgIpc) is 3.62. The van der Waals surface area contributed by atoms with Gasteiger partial charge in [0.2, 0.25) is 5.91 Å². The lowest BCUT2D eigenvalue weighted by atomic mass is 9.94. The summed E-state index contributed by atoms with van der Waals surface area (Å²) in [6.07, 6.45) is 0. The van der Waals surface area contributed by atoms with Crippen LogP contribution in [0.25, 0.3) is 0 Å². The Hall–Kier alpha value is -3.11. The first-order valence-electron chi connectivity index (χ1n) is 14.5. The van der Waals surface area contributed by atoms with E-state index in [2.05, 4.69) is 4.90 Å². The monoisotopic (exact) mass is 641 g/mol. The van der Waals surface area contributed by atoms with Gasteiger partial charge in [-0.2, -0.15) is 0 Å². The van der Waals surface area contributed by atoms with Gasteiger partial charge < -0.3 is 14.5 Å². The number of benzene rings is 2. The molecule has 1 aromatic heterocycles. The second kappa shape index (κ2) is 13.7. The highest BCUT2D eigenvalue weighted by molar-refractivity contribution is 7.12. The molecule has 1 saturated heterocycles. The molecule has 43 heavy (non-hydrogen) atoms. The smallest absolute Gasteiger partial charge is 0.326 e. The van der Waals surface area contributed by atoms with E-state index in [0.717, 1.165) is 16.0 Å². The molecule has 228 valence electrons. The lowest BCUT2D eigenvalue weighted by Gasteiger charge is -2.39. The highest BCUT2D eigenvalue weighted by Gasteiger charge is 2.45. The molecule has 0 aliphatic carbocycles. The molecule has 0 bridgehead atoms. The minimum absolute atomic E-state index is 0.0819. The van der Waals surface area contributed by atoms with Gasteiger partial charge in [-0.1, -0.05) is 47.5 Å². The van der Waals surface area contributed by atoms with Crippen molar-refractivity contribution in [2.75, 3.05) is 46.4 Å². The lowest BCUT2D eigenvalue weighted by molar-refractivity contribution is -0.132. The standard InChI is InChI=1S/C32H37Cl2N5O3S/c1-5-42-26-14-19-43-30(26)31-35-28(22-6-10-24(33)11-7-22)29(23-8-12-25(34)13-9-23)39(31)32(41)38-17-15-37(16-18-38)20-27(40)36(4)21(2)3/h6-14,19,21,28-29H,5,15-18,20H2,1-4H3/t28-,29+/m0/s1. The Morgan fingerprint density at radius 3 is 2.16 bits per heavy atom. The van der Waals surface area contributed by atoms with E-state index in [4.69, 9.17) is 32.9 Å². The van der Waals surface area contributed by atoms with Crippen LogP contribution in [0.4, 0.5) is 4.79 Å². The van der Waals surface area contributed by atoms with Gasteiger partial charge >= 0.3 is 6.03 Å². The molecule has 8 nitrogen and oxygen atoms in total. The molecule has 0 saturated carbocycles. The van der Waals surface area contributed by atoms with Crippen LogP contribution in [0.3, 0.4) is 0 Å². The molecule has 0 N–H and O–H groups in total. The number of nitrogens with zero attached hydrogens (tertiary/aromatic N) is 5. The fraction of sp³-hybridized carbons (Fsp3) is 0.406. The summed E-state index contributed by atoms with van der Waals surface area (Å²) in [5.41, 5.74) is 1.87. The molecule has 3 amide bonds. The normalized spacial score (nSPS) is 19.1. The SMILES string of the molecule is CCOc1ccsc1C1=N[C@@H](c2ccc(Cl)cc2)[C@@H](c2ccc(Cl)cc2)N1C(=O)N1CCN(CC(=O)N(C)C(C)C)CC1. The molecule has 2 aliphatic heterocycles. The summed E-state index contributed by atoms with van der Waals surface area (Å²) in [6.45, 7) is 9.01. The van der Waals surface area contributed by atoms with Crippen LogP contribution in [0.2, 0.25) is 10.0 Å². The number of hydrogen-bond donors (Lipinski definition) is 0. The summed E-state index contributed by atoms with van der Waals surface area (Å²) in [5.74, 6) is 1.37. The third kappa shape index (κ3) is 6.85. The Balaban J connectivity index is 1.49. The van der Waals surface area contributed by atoms with Crippen molar-refractivity contribution in [3.63, 3.8) is 0 Å². The molecular formula is C32H37Cl2N5O3S. The van der Waals surface area contributed by atoms with Gasteiger partial charge in [-0.05, 0) is 67.6 Å². The highest BCUT2D eigenvalue weighted by Crippen LogP contribution is 2.46. The number of likely N-dealkylation sites (N-methyl/N-ethyl adjacent to an activating group) is 1. The number of aliphatic imine (C=N–C) groups is 1. The molecule has 11 heteroatoms. The number of piperazine rings is 1. The maximum atomic E-state index is 14.6. The number of rotatable bonds is 8. The van der Waals surface area contributed by atoms with E-state index in [-0.39, 0.29) is 24.0 Å². The van der Waals surface area contributed by atoms with E-state index in [9.17, 15) is 9.59 Å². The molecule has 0 unspecified atom stereocenters. The van der Waals surface area contributed by atoms with Crippen molar-refractivity contribution in [3.05, 3.63) is 86.0 Å². The van der Waals surface area contributed by atoms with Gasteiger partial charge in [0, 0.05) is 49.3 Å². The van der Waals surface area contributed by atoms with E-state index < -0.39 is 6.04 Å². The Kier molecular flexibility index (Phi) is 9.96. The van der Waals surface area contributed by atoms with E-state index >= 15 is 0 Å². The maximum Gasteiger partial charge on any atom is 0.326 e. The van der Waals surface area contributed by atoms with Crippen molar-refractivity contribution in [3.8, 4) is 5.75 Å². The van der Waals surface area contributed by atoms with Crippen LogP contribution in [-0.4, -0.2) is 89.8 Å².